The molecular formula is C23H19N2O6+. The number of aromatic nitrogens is 2. The molecule has 0 saturated carbocycles. The van der Waals surface area contributed by atoms with Crippen LogP contribution in [-0.2, 0) is 13.2 Å². The molecule has 31 heavy (non-hydrogen) atoms. The van der Waals surface area contributed by atoms with Gasteiger partial charge in [-0.05, 0) is 11.1 Å². The predicted octanol–water partition coefficient (Wildman–Crippen LogP) is 3.72. The van der Waals surface area contributed by atoms with Gasteiger partial charge in [-0.2, -0.15) is 0 Å². The normalized spacial score (nSPS) is 10.6. The third-order valence-corrected chi connectivity index (χ3v) is 4.45. The lowest BCUT2D eigenvalue weighted by Crippen LogP contribution is -2.32. The molecule has 0 aliphatic heterocycles. The van der Waals surface area contributed by atoms with Gasteiger partial charge >= 0.3 is 5.97 Å². The van der Waals surface area contributed by atoms with Crippen LogP contribution in [0, 0.1) is 0 Å². The predicted molar refractivity (Wildman–Crippen MR) is 108 cm³/mol. The minimum absolute atomic E-state index is 0.138. The summed E-state index contributed by atoms with van der Waals surface area (Å²) >= 11 is 0. The van der Waals surface area contributed by atoms with Gasteiger partial charge in [0.05, 0.1) is 6.07 Å². The van der Waals surface area contributed by atoms with Crippen molar-refractivity contribution < 1.29 is 33.8 Å². The summed E-state index contributed by atoms with van der Waals surface area (Å²) in [5.41, 5.74) is 2.23. The minimum Gasteiger partial charge on any atom is -0.484 e. The highest BCUT2D eigenvalue weighted by molar-refractivity contribution is 5.85. The van der Waals surface area contributed by atoms with Crippen LogP contribution >= 0.6 is 0 Å². The first-order chi connectivity index (χ1) is 15.1. The average molecular weight is 419 g/mol. The zero-order chi connectivity index (χ0) is 21.6. The third kappa shape index (κ3) is 4.81. The van der Waals surface area contributed by atoms with E-state index in [0.29, 0.717) is 11.5 Å². The molecule has 2 N–H and O–H groups in total. The Morgan fingerprint density at radius 1 is 0.903 bits per heavy atom. The fraction of sp³-hybridized carbons (Fsp3) is 0.0870. The van der Waals surface area contributed by atoms with E-state index in [0.717, 1.165) is 15.9 Å². The summed E-state index contributed by atoms with van der Waals surface area (Å²) in [7, 11) is 0. The quantitative estimate of drug-likeness (QED) is 0.331. The van der Waals surface area contributed by atoms with Gasteiger partial charge in [-0.3, -0.25) is 5.21 Å². The van der Waals surface area contributed by atoms with Crippen LogP contribution in [-0.4, -0.2) is 21.4 Å². The lowest BCUT2D eigenvalue weighted by molar-refractivity contribution is -0.896. The van der Waals surface area contributed by atoms with Crippen molar-refractivity contribution >= 4 is 5.97 Å². The lowest BCUT2D eigenvalue weighted by Gasteiger charge is -2.12. The van der Waals surface area contributed by atoms with E-state index >= 15 is 0 Å². The molecule has 0 bridgehead atoms. The van der Waals surface area contributed by atoms with Crippen LogP contribution in [0.3, 0.4) is 0 Å². The Balaban J connectivity index is 1.64. The van der Waals surface area contributed by atoms with Crippen LogP contribution < -0.4 is 14.2 Å². The van der Waals surface area contributed by atoms with Gasteiger partial charge in [-0.15, -0.1) is 0 Å². The molecule has 156 valence electrons. The first kappa shape index (κ1) is 20.0. The molecule has 0 spiro atoms. The molecule has 2 heterocycles. The van der Waals surface area contributed by atoms with Crippen LogP contribution in [0.25, 0.3) is 11.4 Å². The number of nitrogens with zero attached hydrogens (tertiary/aromatic N) is 2. The first-order valence-corrected chi connectivity index (χ1v) is 9.43. The van der Waals surface area contributed by atoms with Gasteiger partial charge in [-0.1, -0.05) is 65.8 Å². The fourth-order valence-electron chi connectivity index (χ4n) is 2.89. The molecule has 8 heteroatoms. The Morgan fingerprint density at radius 3 is 2.03 bits per heavy atom. The summed E-state index contributed by atoms with van der Waals surface area (Å²) in [5.74, 6) is -0.925. The van der Waals surface area contributed by atoms with Gasteiger partial charge in [0.25, 0.3) is 11.9 Å². The van der Waals surface area contributed by atoms with Gasteiger partial charge in [-0.25, -0.2) is 4.79 Å². The smallest absolute Gasteiger partial charge is 0.374 e. The fourth-order valence-corrected chi connectivity index (χ4v) is 2.89. The van der Waals surface area contributed by atoms with Crippen LogP contribution in [0.2, 0.25) is 0 Å². The molecule has 0 atom stereocenters. The number of carbonyl (C=O) groups is 1. The number of rotatable bonds is 8. The van der Waals surface area contributed by atoms with Gasteiger partial charge < -0.3 is 19.1 Å². The average Bonchev–Trinajstić information content (AvgIpc) is 3.29. The standard InChI is InChI=1S/C23H18N2O6/c26-23(27)21-11-18(24-31-21)19-12-20(29-14-16-7-3-1-4-8-16)22(13-25(19)28)30-15-17-9-5-2-6-10-17/h1-13H,14-15H2,(H-,24,26,27,28)/p+1. The molecule has 8 nitrogen and oxygen atoms in total. The molecule has 0 amide bonds. The number of ether oxygens (including phenoxy) is 2. The molecule has 4 aromatic rings. The van der Waals surface area contributed by atoms with Gasteiger partial charge in [0, 0.05) is 10.8 Å². The number of aromatic carboxylic acids is 1. The first-order valence-electron chi connectivity index (χ1n) is 9.43. The number of benzene rings is 2. The van der Waals surface area contributed by atoms with Crippen molar-refractivity contribution in [3.8, 4) is 22.9 Å². The van der Waals surface area contributed by atoms with Gasteiger partial charge in [0.2, 0.25) is 11.5 Å². The summed E-state index contributed by atoms with van der Waals surface area (Å²) < 4.78 is 17.4. The SMILES string of the molecule is O=C(O)c1cc(-c2cc(OCc3ccccc3)c(OCc3ccccc3)c[n+]2O)no1. The number of hydrogen-bond acceptors (Lipinski definition) is 6. The topological polar surface area (TPSA) is 106 Å². The molecule has 0 radical (unpaired) electrons. The molecule has 4 rings (SSSR count). The van der Waals surface area contributed by atoms with Crippen LogP contribution in [0.4, 0.5) is 0 Å². The van der Waals surface area contributed by atoms with E-state index in [-0.39, 0.29) is 30.4 Å². The molecule has 2 aromatic carbocycles. The summed E-state index contributed by atoms with van der Waals surface area (Å²) in [6, 6.07) is 21.9. The van der Waals surface area contributed by atoms with Crippen molar-refractivity contribution in [3.63, 3.8) is 0 Å². The summed E-state index contributed by atoms with van der Waals surface area (Å²) in [4.78, 5) is 11.1. The van der Waals surface area contributed by atoms with E-state index in [1.807, 2.05) is 60.7 Å². The second-order valence-corrected chi connectivity index (χ2v) is 6.66. The molecule has 0 aliphatic rings. The van der Waals surface area contributed by atoms with Crippen molar-refractivity contribution in [1.29, 1.82) is 0 Å². The van der Waals surface area contributed by atoms with Crippen molar-refractivity contribution in [2.75, 3.05) is 0 Å². The Labute approximate surface area is 177 Å². The number of carboxylic acid groups (broad SMARTS) is 1. The third-order valence-electron chi connectivity index (χ3n) is 4.45. The maximum atomic E-state index is 11.1. The minimum atomic E-state index is -1.26. The Morgan fingerprint density at radius 2 is 1.48 bits per heavy atom. The highest BCUT2D eigenvalue weighted by atomic mass is 16.5. The summed E-state index contributed by atoms with van der Waals surface area (Å²) in [5, 5.41) is 23.2. The second-order valence-electron chi connectivity index (χ2n) is 6.66. The Hall–Kier alpha value is -4.33. The number of hydrogen-bond donors (Lipinski definition) is 2. The van der Waals surface area contributed by atoms with Crippen LogP contribution in [0.5, 0.6) is 11.5 Å². The Kier molecular flexibility index (Phi) is 5.79. The van der Waals surface area contributed by atoms with Gasteiger partial charge in [0.15, 0.2) is 11.4 Å². The summed E-state index contributed by atoms with van der Waals surface area (Å²) in [6.45, 7) is 0.547. The molecule has 0 fully saturated rings. The molecule has 0 unspecified atom stereocenters. The maximum Gasteiger partial charge on any atom is 0.374 e. The Bertz CT molecular complexity index is 1180. The maximum absolute atomic E-state index is 11.1. The molecule has 2 aromatic heterocycles. The van der Waals surface area contributed by atoms with E-state index in [1.165, 1.54) is 18.3 Å². The number of carboxylic acids is 1. The van der Waals surface area contributed by atoms with Gasteiger partial charge in [0.1, 0.15) is 13.2 Å². The summed E-state index contributed by atoms with van der Waals surface area (Å²) in [6.07, 6.45) is 1.34. The molecular weight excluding hydrogens is 400 g/mol. The highest BCUT2D eigenvalue weighted by Crippen LogP contribution is 2.31. The largest absolute Gasteiger partial charge is 0.484 e. The van der Waals surface area contributed by atoms with E-state index in [2.05, 4.69) is 5.16 Å². The van der Waals surface area contributed by atoms with E-state index in [1.54, 1.807) is 0 Å². The zero-order valence-corrected chi connectivity index (χ0v) is 16.3. The number of pyridine rings is 1. The van der Waals surface area contributed by atoms with Crippen LogP contribution in [0.1, 0.15) is 21.7 Å². The monoisotopic (exact) mass is 419 g/mol. The van der Waals surface area contributed by atoms with Crippen molar-refractivity contribution in [1.82, 2.24) is 5.16 Å². The second kappa shape index (κ2) is 9.00. The van der Waals surface area contributed by atoms with Crippen molar-refractivity contribution in [2.24, 2.45) is 0 Å². The van der Waals surface area contributed by atoms with E-state index < -0.39 is 5.97 Å². The lowest BCUT2D eigenvalue weighted by atomic mass is 10.2. The zero-order valence-electron chi connectivity index (χ0n) is 16.3. The van der Waals surface area contributed by atoms with Crippen molar-refractivity contribution in [3.05, 3.63) is 95.9 Å². The molecule has 0 saturated heterocycles. The highest BCUT2D eigenvalue weighted by Gasteiger charge is 2.25. The van der Waals surface area contributed by atoms with E-state index in [4.69, 9.17) is 19.1 Å². The van der Waals surface area contributed by atoms with Crippen LogP contribution in [0.15, 0.2) is 83.5 Å². The van der Waals surface area contributed by atoms with E-state index in [9.17, 15) is 10.0 Å². The van der Waals surface area contributed by atoms with Crippen molar-refractivity contribution in [2.45, 2.75) is 13.2 Å². The molecule has 0 aliphatic carbocycles.